The third-order valence-corrected chi connectivity index (χ3v) is 4.77. The number of carboxylic acids is 1. The molecule has 0 aliphatic carbocycles. The highest BCUT2D eigenvalue weighted by atomic mass is 79.9. The minimum Gasteiger partial charge on any atom is -0.478 e. The Morgan fingerprint density at radius 2 is 1.95 bits per heavy atom. The summed E-state index contributed by atoms with van der Waals surface area (Å²) in [5.74, 6) is -1.19. The fourth-order valence-corrected chi connectivity index (χ4v) is 3.14. The maximum atomic E-state index is 12.1. The van der Waals surface area contributed by atoms with Gasteiger partial charge in [0.1, 0.15) is 0 Å². The molecule has 0 radical (unpaired) electrons. The quantitative estimate of drug-likeness (QED) is 0.880. The highest BCUT2D eigenvalue weighted by Crippen LogP contribution is 2.13. The van der Waals surface area contributed by atoms with Crippen molar-refractivity contribution < 1.29 is 18.3 Å². The largest absolute Gasteiger partial charge is 0.478 e. The number of nitrogens with zero attached hydrogens (tertiary/aromatic N) is 2. The molecular weight excluding hydrogens is 348 g/mol. The fourth-order valence-electron chi connectivity index (χ4n) is 1.60. The van der Waals surface area contributed by atoms with Gasteiger partial charge in [-0.3, -0.25) is 4.68 Å². The summed E-state index contributed by atoms with van der Waals surface area (Å²) in [6.45, 7) is 0.231. The molecular formula is C12H11BrN2O4S. The lowest BCUT2D eigenvalue weighted by atomic mass is 10.2. The summed E-state index contributed by atoms with van der Waals surface area (Å²) in [7, 11) is -3.46. The van der Waals surface area contributed by atoms with E-state index in [1.165, 1.54) is 28.9 Å². The van der Waals surface area contributed by atoms with Gasteiger partial charge in [0.25, 0.3) is 0 Å². The molecule has 0 spiro atoms. The van der Waals surface area contributed by atoms with Crippen LogP contribution in [0.5, 0.6) is 0 Å². The van der Waals surface area contributed by atoms with E-state index >= 15 is 0 Å². The second kappa shape index (κ2) is 5.76. The lowest BCUT2D eigenvalue weighted by Gasteiger charge is -2.05. The van der Waals surface area contributed by atoms with Crippen LogP contribution in [-0.4, -0.2) is 35.0 Å². The molecule has 0 aliphatic rings. The van der Waals surface area contributed by atoms with E-state index in [2.05, 4.69) is 21.0 Å². The van der Waals surface area contributed by atoms with E-state index in [1.54, 1.807) is 12.4 Å². The summed E-state index contributed by atoms with van der Waals surface area (Å²) in [6, 6.07) is 5.16. The molecule has 20 heavy (non-hydrogen) atoms. The van der Waals surface area contributed by atoms with Crippen LogP contribution in [0.25, 0.3) is 0 Å². The highest BCUT2D eigenvalue weighted by Gasteiger charge is 2.15. The Balaban J connectivity index is 2.11. The Morgan fingerprint density at radius 3 is 2.45 bits per heavy atom. The van der Waals surface area contributed by atoms with E-state index in [-0.39, 0.29) is 22.8 Å². The first-order valence-corrected chi connectivity index (χ1v) is 8.07. The standard InChI is InChI=1S/C12H11BrN2O4S/c13-10-7-14-15(8-10)5-6-20(18,19)11-3-1-9(2-4-11)12(16)17/h1-4,7-8H,5-6H2,(H,16,17). The number of aromatic carboxylic acids is 1. The Labute approximate surface area is 124 Å². The van der Waals surface area contributed by atoms with Gasteiger partial charge in [-0.2, -0.15) is 5.10 Å². The molecule has 0 atom stereocenters. The van der Waals surface area contributed by atoms with E-state index in [1.807, 2.05) is 0 Å². The zero-order valence-electron chi connectivity index (χ0n) is 10.2. The molecule has 0 saturated heterocycles. The van der Waals surface area contributed by atoms with Crippen LogP contribution in [0.15, 0.2) is 46.0 Å². The van der Waals surface area contributed by atoms with Crippen LogP contribution in [-0.2, 0) is 16.4 Å². The molecule has 1 aromatic heterocycles. The number of benzene rings is 1. The van der Waals surface area contributed by atoms with Crippen LogP contribution < -0.4 is 0 Å². The average molecular weight is 359 g/mol. The molecule has 0 saturated carbocycles. The van der Waals surface area contributed by atoms with E-state index < -0.39 is 15.8 Å². The van der Waals surface area contributed by atoms with E-state index in [0.717, 1.165) is 4.47 Å². The summed E-state index contributed by atoms with van der Waals surface area (Å²) in [6.07, 6.45) is 3.26. The molecule has 2 rings (SSSR count). The number of halogens is 1. The molecule has 8 heteroatoms. The van der Waals surface area contributed by atoms with Crippen molar-refractivity contribution in [2.75, 3.05) is 5.75 Å². The van der Waals surface area contributed by atoms with Gasteiger partial charge in [-0.25, -0.2) is 13.2 Å². The SMILES string of the molecule is O=C(O)c1ccc(S(=O)(=O)CCn2cc(Br)cn2)cc1. The number of carbonyl (C=O) groups is 1. The minimum atomic E-state index is -3.46. The summed E-state index contributed by atoms with van der Waals surface area (Å²) in [4.78, 5) is 10.8. The van der Waals surface area contributed by atoms with Gasteiger partial charge in [0.05, 0.1) is 33.4 Å². The second-order valence-corrected chi connectivity index (χ2v) is 7.09. The molecule has 6 nitrogen and oxygen atoms in total. The summed E-state index contributed by atoms with van der Waals surface area (Å²) < 4.78 is 26.5. The minimum absolute atomic E-state index is 0.0555. The van der Waals surface area contributed by atoms with Crippen LogP contribution >= 0.6 is 15.9 Å². The van der Waals surface area contributed by atoms with Gasteiger partial charge in [-0.1, -0.05) is 0 Å². The topological polar surface area (TPSA) is 89.3 Å². The Bertz CT molecular complexity index is 722. The summed E-state index contributed by atoms with van der Waals surface area (Å²) in [5, 5.41) is 12.7. The number of sulfone groups is 1. The van der Waals surface area contributed by atoms with Crippen molar-refractivity contribution >= 4 is 31.7 Å². The Morgan fingerprint density at radius 1 is 1.30 bits per heavy atom. The molecule has 1 aromatic carbocycles. The van der Waals surface area contributed by atoms with Gasteiger partial charge in [0.2, 0.25) is 0 Å². The van der Waals surface area contributed by atoms with E-state index in [4.69, 9.17) is 5.11 Å². The lowest BCUT2D eigenvalue weighted by Crippen LogP contribution is -2.13. The van der Waals surface area contributed by atoms with Gasteiger partial charge >= 0.3 is 5.97 Å². The van der Waals surface area contributed by atoms with E-state index in [0.29, 0.717) is 0 Å². The zero-order valence-corrected chi connectivity index (χ0v) is 12.6. The van der Waals surface area contributed by atoms with Crippen molar-refractivity contribution in [3.05, 3.63) is 46.7 Å². The van der Waals surface area contributed by atoms with Gasteiger partial charge in [-0.05, 0) is 40.2 Å². The van der Waals surface area contributed by atoms with Gasteiger partial charge in [0, 0.05) is 6.20 Å². The summed E-state index contributed by atoms with van der Waals surface area (Å²) in [5.41, 5.74) is 0.0555. The first-order valence-electron chi connectivity index (χ1n) is 5.62. The van der Waals surface area contributed by atoms with Crippen molar-refractivity contribution in [1.82, 2.24) is 9.78 Å². The monoisotopic (exact) mass is 358 g/mol. The van der Waals surface area contributed by atoms with Crippen LogP contribution in [0.1, 0.15) is 10.4 Å². The normalized spacial score (nSPS) is 11.4. The molecule has 1 N–H and O–H groups in total. The number of hydrogen-bond acceptors (Lipinski definition) is 4. The predicted molar refractivity (Wildman–Crippen MR) is 75.4 cm³/mol. The predicted octanol–water partition coefficient (Wildman–Crippen LogP) is 1.82. The van der Waals surface area contributed by atoms with Crippen molar-refractivity contribution in [1.29, 1.82) is 0 Å². The van der Waals surface area contributed by atoms with E-state index in [9.17, 15) is 13.2 Å². The molecule has 2 aromatic rings. The van der Waals surface area contributed by atoms with Crippen LogP contribution in [0.4, 0.5) is 0 Å². The fraction of sp³-hybridized carbons (Fsp3) is 0.167. The first kappa shape index (κ1) is 14.7. The molecule has 0 fully saturated rings. The number of hydrogen-bond donors (Lipinski definition) is 1. The van der Waals surface area contributed by atoms with Crippen molar-refractivity contribution in [3.8, 4) is 0 Å². The maximum Gasteiger partial charge on any atom is 0.335 e. The highest BCUT2D eigenvalue weighted by molar-refractivity contribution is 9.10. The number of aromatic nitrogens is 2. The van der Waals surface area contributed by atoms with Crippen molar-refractivity contribution in [3.63, 3.8) is 0 Å². The lowest BCUT2D eigenvalue weighted by molar-refractivity contribution is 0.0697. The number of rotatable bonds is 5. The Hall–Kier alpha value is -1.67. The molecule has 0 unspecified atom stereocenters. The molecule has 0 bridgehead atoms. The van der Waals surface area contributed by atoms with Gasteiger partial charge in [0.15, 0.2) is 9.84 Å². The molecule has 0 aliphatic heterocycles. The summed E-state index contributed by atoms with van der Waals surface area (Å²) >= 11 is 3.23. The maximum absolute atomic E-state index is 12.1. The first-order chi connectivity index (χ1) is 9.38. The third-order valence-electron chi connectivity index (χ3n) is 2.65. The number of carboxylic acid groups (broad SMARTS) is 1. The van der Waals surface area contributed by atoms with Gasteiger partial charge < -0.3 is 5.11 Å². The van der Waals surface area contributed by atoms with Crippen molar-refractivity contribution in [2.45, 2.75) is 11.4 Å². The van der Waals surface area contributed by atoms with Crippen LogP contribution in [0.2, 0.25) is 0 Å². The smallest absolute Gasteiger partial charge is 0.335 e. The second-order valence-electron chi connectivity index (χ2n) is 4.07. The molecule has 106 valence electrons. The zero-order chi connectivity index (χ0) is 14.8. The van der Waals surface area contributed by atoms with Crippen LogP contribution in [0, 0.1) is 0 Å². The van der Waals surface area contributed by atoms with Gasteiger partial charge in [-0.15, -0.1) is 0 Å². The third kappa shape index (κ3) is 3.45. The average Bonchev–Trinajstić information content (AvgIpc) is 2.82. The number of aryl methyl sites for hydroxylation is 1. The molecule has 0 amide bonds. The van der Waals surface area contributed by atoms with Crippen LogP contribution in [0.3, 0.4) is 0 Å². The Kier molecular flexibility index (Phi) is 4.24. The molecule has 1 heterocycles. The van der Waals surface area contributed by atoms with Crippen molar-refractivity contribution in [2.24, 2.45) is 0 Å².